The fraction of sp³-hybridized carbons (Fsp3) is 0.429. The van der Waals surface area contributed by atoms with E-state index in [1.807, 2.05) is 19.1 Å². The number of rotatable bonds is 9. The maximum Gasteiger partial charge on any atom is 0.317 e. The Labute approximate surface area is 157 Å². The molecule has 0 radical (unpaired) electrons. The molecule has 0 fully saturated rings. The van der Waals surface area contributed by atoms with Crippen molar-refractivity contribution in [2.45, 2.75) is 40.4 Å². The number of hydrogen-bond donors (Lipinski definition) is 1. The smallest absolute Gasteiger partial charge is 0.317 e. The van der Waals surface area contributed by atoms with Gasteiger partial charge in [-0.05, 0) is 48.8 Å². The lowest BCUT2D eigenvalue weighted by molar-refractivity contribution is 0.197. The number of aromatic nitrogens is 1. The molecule has 0 saturated carbocycles. The average Bonchev–Trinajstić information content (AvgIpc) is 2.70. The van der Waals surface area contributed by atoms with Crippen molar-refractivity contribution in [3.63, 3.8) is 0 Å². The van der Waals surface area contributed by atoms with Gasteiger partial charge in [-0.15, -0.1) is 0 Å². The Bertz CT molecular complexity index is 653. The summed E-state index contributed by atoms with van der Waals surface area (Å²) in [6.45, 7) is 11.2. The number of carbonyl (C=O) groups is 1. The van der Waals surface area contributed by atoms with Crippen molar-refractivity contribution < 1.29 is 4.79 Å². The first-order valence-corrected chi connectivity index (χ1v) is 9.38. The van der Waals surface area contributed by atoms with Gasteiger partial charge < -0.3 is 10.2 Å². The van der Waals surface area contributed by atoms with Gasteiger partial charge in [0.2, 0.25) is 0 Å². The van der Waals surface area contributed by atoms with E-state index in [1.54, 1.807) is 17.3 Å². The van der Waals surface area contributed by atoms with Gasteiger partial charge in [0, 0.05) is 38.6 Å². The number of nitrogens with zero attached hydrogens (tertiary/aromatic N) is 3. The van der Waals surface area contributed by atoms with E-state index < -0.39 is 0 Å². The third-order valence-electron chi connectivity index (χ3n) is 4.56. The molecule has 1 aromatic heterocycles. The minimum atomic E-state index is -0.0449. The predicted octanol–water partition coefficient (Wildman–Crippen LogP) is 3.66. The number of benzene rings is 1. The lowest BCUT2D eigenvalue weighted by Crippen LogP contribution is -2.39. The number of carbonyl (C=O) groups excluding carboxylic acids is 1. The van der Waals surface area contributed by atoms with Crippen molar-refractivity contribution in [3.05, 3.63) is 65.5 Å². The van der Waals surface area contributed by atoms with Crippen LogP contribution in [0.25, 0.3) is 0 Å². The molecule has 5 heteroatoms. The second-order valence-corrected chi connectivity index (χ2v) is 6.31. The zero-order valence-electron chi connectivity index (χ0n) is 16.1. The lowest BCUT2D eigenvalue weighted by atomic mass is 10.1. The van der Waals surface area contributed by atoms with E-state index in [-0.39, 0.29) is 6.03 Å². The number of nitrogens with one attached hydrogen (secondary N) is 1. The Kier molecular flexibility index (Phi) is 8.09. The molecule has 0 unspecified atom stereocenters. The molecule has 0 atom stereocenters. The SMILES string of the molecule is CCN(CC)Cc1ccc(CNC(=O)N(CC)Cc2ccncc2)cc1. The highest BCUT2D eigenvalue weighted by atomic mass is 16.2. The van der Waals surface area contributed by atoms with Gasteiger partial charge in [0.05, 0.1) is 0 Å². The molecule has 0 aliphatic heterocycles. The van der Waals surface area contributed by atoms with Crippen molar-refractivity contribution in [2.24, 2.45) is 0 Å². The van der Waals surface area contributed by atoms with E-state index >= 15 is 0 Å². The van der Waals surface area contributed by atoms with E-state index in [0.29, 0.717) is 19.6 Å². The molecule has 2 rings (SSSR count). The van der Waals surface area contributed by atoms with Crippen LogP contribution in [0.1, 0.15) is 37.5 Å². The van der Waals surface area contributed by atoms with Gasteiger partial charge in [0.1, 0.15) is 0 Å². The van der Waals surface area contributed by atoms with Crippen molar-refractivity contribution in [1.29, 1.82) is 0 Å². The minimum absolute atomic E-state index is 0.0449. The van der Waals surface area contributed by atoms with Gasteiger partial charge >= 0.3 is 6.03 Å². The molecule has 0 aliphatic rings. The molecular weight excluding hydrogens is 324 g/mol. The van der Waals surface area contributed by atoms with Crippen molar-refractivity contribution in [2.75, 3.05) is 19.6 Å². The van der Waals surface area contributed by atoms with Gasteiger partial charge in [-0.3, -0.25) is 9.88 Å². The second-order valence-electron chi connectivity index (χ2n) is 6.31. The molecule has 1 heterocycles. The monoisotopic (exact) mass is 354 g/mol. The number of hydrogen-bond acceptors (Lipinski definition) is 3. The summed E-state index contributed by atoms with van der Waals surface area (Å²) >= 11 is 0. The van der Waals surface area contributed by atoms with E-state index in [4.69, 9.17) is 0 Å². The minimum Gasteiger partial charge on any atom is -0.334 e. The van der Waals surface area contributed by atoms with Gasteiger partial charge in [0.15, 0.2) is 0 Å². The van der Waals surface area contributed by atoms with Crippen LogP contribution in [0, 0.1) is 0 Å². The predicted molar refractivity (Wildman–Crippen MR) is 106 cm³/mol. The first kappa shape index (κ1) is 19.9. The van der Waals surface area contributed by atoms with Crippen LogP contribution in [0.15, 0.2) is 48.8 Å². The highest BCUT2D eigenvalue weighted by Gasteiger charge is 2.11. The molecule has 0 saturated heterocycles. The van der Waals surface area contributed by atoms with Crippen LogP contribution in [-0.4, -0.2) is 40.4 Å². The van der Waals surface area contributed by atoms with Gasteiger partial charge in [-0.25, -0.2) is 4.79 Å². The van der Waals surface area contributed by atoms with E-state index in [2.05, 4.69) is 53.3 Å². The van der Waals surface area contributed by atoms with E-state index in [9.17, 15) is 4.79 Å². The third-order valence-corrected chi connectivity index (χ3v) is 4.56. The average molecular weight is 354 g/mol. The topological polar surface area (TPSA) is 48.5 Å². The molecule has 0 aliphatic carbocycles. The molecule has 0 spiro atoms. The first-order valence-electron chi connectivity index (χ1n) is 9.38. The summed E-state index contributed by atoms with van der Waals surface area (Å²) in [7, 11) is 0. The fourth-order valence-electron chi connectivity index (χ4n) is 2.79. The molecule has 0 bridgehead atoms. The quantitative estimate of drug-likeness (QED) is 0.748. The van der Waals surface area contributed by atoms with Crippen LogP contribution < -0.4 is 5.32 Å². The Morgan fingerprint density at radius 2 is 1.42 bits per heavy atom. The Balaban J connectivity index is 1.85. The molecule has 2 aromatic rings. The molecule has 26 heavy (non-hydrogen) atoms. The van der Waals surface area contributed by atoms with Crippen LogP contribution >= 0.6 is 0 Å². The normalized spacial score (nSPS) is 10.8. The van der Waals surface area contributed by atoms with Crippen LogP contribution in [0.5, 0.6) is 0 Å². The zero-order valence-corrected chi connectivity index (χ0v) is 16.1. The highest BCUT2D eigenvalue weighted by molar-refractivity contribution is 5.74. The summed E-state index contributed by atoms with van der Waals surface area (Å²) in [6, 6.07) is 12.3. The standard InChI is InChI=1S/C21H30N4O/c1-4-24(5-2)16-19-9-7-18(8-10-19)15-23-21(26)25(6-3)17-20-11-13-22-14-12-20/h7-14H,4-6,15-17H2,1-3H3,(H,23,26). The largest absolute Gasteiger partial charge is 0.334 e. The van der Waals surface area contributed by atoms with Gasteiger partial charge in [-0.1, -0.05) is 38.1 Å². The van der Waals surface area contributed by atoms with Crippen LogP contribution in [0.3, 0.4) is 0 Å². The molecule has 1 aromatic carbocycles. The second kappa shape index (κ2) is 10.6. The van der Waals surface area contributed by atoms with Gasteiger partial charge in [-0.2, -0.15) is 0 Å². The van der Waals surface area contributed by atoms with Crippen LogP contribution in [0.2, 0.25) is 0 Å². The first-order chi connectivity index (χ1) is 12.7. The fourth-order valence-corrected chi connectivity index (χ4v) is 2.79. The summed E-state index contributed by atoms with van der Waals surface area (Å²) < 4.78 is 0. The highest BCUT2D eigenvalue weighted by Crippen LogP contribution is 2.08. The lowest BCUT2D eigenvalue weighted by Gasteiger charge is -2.21. The summed E-state index contributed by atoms with van der Waals surface area (Å²) in [5, 5.41) is 3.01. The zero-order chi connectivity index (χ0) is 18.8. The van der Waals surface area contributed by atoms with Crippen molar-refractivity contribution in [3.8, 4) is 0 Å². The summed E-state index contributed by atoms with van der Waals surface area (Å²) in [5.41, 5.74) is 3.50. The number of urea groups is 1. The van der Waals surface area contributed by atoms with E-state index in [0.717, 1.165) is 30.8 Å². The summed E-state index contributed by atoms with van der Waals surface area (Å²) in [6.07, 6.45) is 3.50. The summed E-state index contributed by atoms with van der Waals surface area (Å²) in [5.74, 6) is 0. The maximum absolute atomic E-state index is 12.4. The molecular formula is C21H30N4O. The Morgan fingerprint density at radius 3 is 2.00 bits per heavy atom. The van der Waals surface area contributed by atoms with Crippen LogP contribution in [-0.2, 0) is 19.6 Å². The number of amides is 2. The Hall–Kier alpha value is -2.40. The molecule has 140 valence electrons. The van der Waals surface area contributed by atoms with Crippen molar-refractivity contribution in [1.82, 2.24) is 20.1 Å². The molecule has 2 amide bonds. The summed E-state index contributed by atoms with van der Waals surface area (Å²) in [4.78, 5) is 20.6. The third kappa shape index (κ3) is 6.15. The maximum atomic E-state index is 12.4. The molecule has 1 N–H and O–H groups in total. The van der Waals surface area contributed by atoms with Crippen molar-refractivity contribution >= 4 is 6.03 Å². The number of pyridine rings is 1. The van der Waals surface area contributed by atoms with Crippen LogP contribution in [0.4, 0.5) is 4.79 Å². The van der Waals surface area contributed by atoms with Gasteiger partial charge in [0.25, 0.3) is 0 Å². The van der Waals surface area contributed by atoms with E-state index in [1.165, 1.54) is 5.56 Å². The molecule has 5 nitrogen and oxygen atoms in total. The Morgan fingerprint density at radius 1 is 0.846 bits per heavy atom.